The number of alkyl halides is 3. The van der Waals surface area contributed by atoms with Gasteiger partial charge in [-0.25, -0.2) is 9.07 Å². The molecule has 50 heavy (non-hydrogen) atoms. The second-order valence-corrected chi connectivity index (χ2v) is 14.6. The van der Waals surface area contributed by atoms with E-state index in [0.29, 0.717) is 29.4 Å². The van der Waals surface area contributed by atoms with Crippen molar-refractivity contribution in [3.8, 4) is 11.1 Å². The van der Waals surface area contributed by atoms with Crippen LogP contribution in [0.15, 0.2) is 82.7 Å². The van der Waals surface area contributed by atoms with Gasteiger partial charge in [0.1, 0.15) is 17.6 Å². The number of piperidine rings is 1. The van der Waals surface area contributed by atoms with Crippen LogP contribution >= 0.6 is 11.8 Å². The van der Waals surface area contributed by atoms with Gasteiger partial charge in [-0.2, -0.15) is 23.3 Å². The van der Waals surface area contributed by atoms with Crippen molar-refractivity contribution in [2.24, 2.45) is 0 Å². The van der Waals surface area contributed by atoms with Gasteiger partial charge in [0.25, 0.3) is 5.56 Å². The van der Waals surface area contributed by atoms with Crippen LogP contribution in [0.4, 0.5) is 17.6 Å². The van der Waals surface area contributed by atoms with E-state index < -0.39 is 23.3 Å². The Balaban J connectivity index is 1.42. The molecule has 7 nitrogen and oxygen atoms in total. The van der Waals surface area contributed by atoms with Gasteiger partial charge < -0.3 is 4.90 Å². The number of amides is 1. The minimum absolute atomic E-state index is 0.0000483. The summed E-state index contributed by atoms with van der Waals surface area (Å²) in [6.45, 7) is 12.1. The summed E-state index contributed by atoms with van der Waals surface area (Å²) in [6.07, 6.45) is -2.49. The monoisotopic (exact) mass is 709 g/mol. The van der Waals surface area contributed by atoms with Crippen molar-refractivity contribution < 1.29 is 22.4 Å². The lowest BCUT2D eigenvalue weighted by Crippen LogP contribution is -2.53. The lowest BCUT2D eigenvalue weighted by molar-refractivity contribution is -0.139. The first-order valence-electron chi connectivity index (χ1n) is 16.8. The van der Waals surface area contributed by atoms with Crippen LogP contribution in [0, 0.1) is 5.82 Å². The number of aromatic nitrogens is 3. The summed E-state index contributed by atoms with van der Waals surface area (Å²) in [4.78, 5) is 36.0. The van der Waals surface area contributed by atoms with Crippen molar-refractivity contribution in [2.75, 3.05) is 13.1 Å². The van der Waals surface area contributed by atoms with Crippen LogP contribution in [0.25, 0.3) is 11.1 Å². The van der Waals surface area contributed by atoms with E-state index >= 15 is 0 Å². The van der Waals surface area contributed by atoms with Gasteiger partial charge in [-0.1, -0.05) is 67.2 Å². The minimum atomic E-state index is -4.40. The second-order valence-electron chi connectivity index (χ2n) is 13.7. The van der Waals surface area contributed by atoms with Gasteiger partial charge >= 0.3 is 6.18 Å². The van der Waals surface area contributed by atoms with Crippen molar-refractivity contribution in [1.29, 1.82) is 0 Å². The summed E-state index contributed by atoms with van der Waals surface area (Å²) < 4.78 is 54.3. The van der Waals surface area contributed by atoms with Crippen molar-refractivity contribution in [2.45, 2.75) is 95.1 Å². The molecule has 1 aliphatic heterocycles. The number of aryl methyl sites for hydroxylation is 1. The van der Waals surface area contributed by atoms with E-state index in [1.165, 1.54) is 36.0 Å². The lowest BCUT2D eigenvalue weighted by Gasteiger charge is -2.44. The fraction of sp³-hybridized carbons (Fsp3) is 0.421. The predicted molar refractivity (Wildman–Crippen MR) is 188 cm³/mol. The molecular formula is C38H43F4N5O2S. The molecule has 0 aliphatic carbocycles. The molecule has 2 heterocycles. The molecule has 1 unspecified atom stereocenters. The standard InChI is InChI=1S/C38H43F4N5O2S/c1-6-33-34(48)43-36(50-24-27-9-17-31(39)18-10-27)47(44-33)25(2)35(49)46(32-19-21-45(22-20-32)37(3,4)5)23-26-7-11-28(12-8-26)29-13-15-30(16-14-29)38(40,41)42/h7-18,25,32H,6,19-24H2,1-5H3. The highest BCUT2D eigenvalue weighted by atomic mass is 32.2. The number of carbonyl (C=O) groups excluding carboxylic acids is 1. The highest BCUT2D eigenvalue weighted by molar-refractivity contribution is 7.98. The Bertz CT molecular complexity index is 1810. The number of carbonyl (C=O) groups is 1. The summed E-state index contributed by atoms with van der Waals surface area (Å²) in [5, 5.41) is 4.92. The van der Waals surface area contributed by atoms with E-state index in [4.69, 9.17) is 0 Å². The third kappa shape index (κ3) is 9.00. The van der Waals surface area contributed by atoms with E-state index in [9.17, 15) is 27.2 Å². The molecule has 4 aromatic rings. The molecular weight excluding hydrogens is 667 g/mol. The molecule has 12 heteroatoms. The zero-order valence-corrected chi connectivity index (χ0v) is 29.8. The molecule has 0 radical (unpaired) electrons. The van der Waals surface area contributed by atoms with Gasteiger partial charge in [0.15, 0.2) is 5.16 Å². The molecule has 1 fully saturated rings. The molecule has 1 amide bonds. The number of halogens is 4. The molecule has 1 aromatic heterocycles. The van der Waals surface area contributed by atoms with Crippen LogP contribution in [0.5, 0.6) is 0 Å². The molecule has 1 aliphatic rings. The van der Waals surface area contributed by atoms with E-state index in [1.807, 2.05) is 36.1 Å². The fourth-order valence-corrected chi connectivity index (χ4v) is 7.12. The molecule has 266 valence electrons. The number of hydrogen-bond donors (Lipinski definition) is 0. The summed E-state index contributed by atoms with van der Waals surface area (Å²) in [6, 6.07) is 17.8. The normalized spacial score (nSPS) is 15.2. The van der Waals surface area contributed by atoms with Gasteiger partial charge in [0, 0.05) is 37.0 Å². The number of thioether (sulfide) groups is 1. The third-order valence-electron chi connectivity index (χ3n) is 9.20. The average molecular weight is 710 g/mol. The average Bonchev–Trinajstić information content (AvgIpc) is 3.09. The number of nitrogens with zero attached hydrogens (tertiary/aromatic N) is 5. The summed E-state index contributed by atoms with van der Waals surface area (Å²) in [7, 11) is 0. The Morgan fingerprint density at radius 1 is 0.920 bits per heavy atom. The molecule has 1 saturated heterocycles. The van der Waals surface area contributed by atoms with E-state index in [1.54, 1.807) is 23.7 Å². The number of rotatable bonds is 10. The molecule has 0 saturated carbocycles. The number of benzene rings is 3. The Kier molecular flexibility index (Phi) is 11.5. The van der Waals surface area contributed by atoms with Crippen LogP contribution in [0.3, 0.4) is 0 Å². The Labute approximate surface area is 294 Å². The maximum atomic E-state index is 14.6. The molecule has 3 aromatic carbocycles. The Morgan fingerprint density at radius 2 is 1.48 bits per heavy atom. The smallest absolute Gasteiger partial charge is 0.333 e. The van der Waals surface area contributed by atoms with Gasteiger partial charge in [-0.3, -0.25) is 14.5 Å². The van der Waals surface area contributed by atoms with Crippen LogP contribution in [0.1, 0.15) is 75.9 Å². The topological polar surface area (TPSA) is 71.3 Å². The maximum absolute atomic E-state index is 14.6. The summed E-state index contributed by atoms with van der Waals surface area (Å²) in [5.41, 5.74) is 2.27. The fourth-order valence-electron chi connectivity index (χ4n) is 6.15. The van der Waals surface area contributed by atoms with Gasteiger partial charge in [0.2, 0.25) is 5.91 Å². The second kappa shape index (κ2) is 15.5. The highest BCUT2D eigenvalue weighted by Crippen LogP contribution is 2.32. The Hall–Kier alpha value is -4.03. The molecule has 0 N–H and O–H groups in total. The zero-order chi connectivity index (χ0) is 36.2. The Morgan fingerprint density at radius 3 is 2.02 bits per heavy atom. The third-order valence-corrected chi connectivity index (χ3v) is 10.2. The SMILES string of the molecule is CCc1nn(C(C)C(=O)N(Cc2ccc(-c3ccc(C(F)(F)F)cc3)cc2)C2CCN(C(C)(C)C)CC2)c(SCc2ccc(F)cc2)nc1=O. The first-order valence-corrected chi connectivity index (χ1v) is 17.8. The van der Waals surface area contributed by atoms with Gasteiger partial charge in [-0.05, 0) is 93.5 Å². The first-order chi connectivity index (χ1) is 23.6. The van der Waals surface area contributed by atoms with E-state index in [0.717, 1.165) is 54.8 Å². The van der Waals surface area contributed by atoms with Crippen molar-refractivity contribution in [1.82, 2.24) is 24.6 Å². The molecule has 5 rings (SSSR count). The van der Waals surface area contributed by atoms with Crippen LogP contribution in [0.2, 0.25) is 0 Å². The van der Waals surface area contributed by atoms with E-state index in [2.05, 4.69) is 35.8 Å². The van der Waals surface area contributed by atoms with E-state index in [-0.39, 0.29) is 29.0 Å². The molecule has 1 atom stereocenters. The summed E-state index contributed by atoms with van der Waals surface area (Å²) in [5.74, 6) is -0.0969. The van der Waals surface area contributed by atoms with Crippen molar-refractivity contribution in [3.05, 3.63) is 111 Å². The van der Waals surface area contributed by atoms with Crippen molar-refractivity contribution >= 4 is 17.7 Å². The summed E-state index contributed by atoms with van der Waals surface area (Å²) >= 11 is 1.27. The number of likely N-dealkylation sites (tertiary alicyclic amines) is 1. The highest BCUT2D eigenvalue weighted by Gasteiger charge is 2.35. The minimum Gasteiger partial charge on any atom is -0.333 e. The molecule has 0 bridgehead atoms. The van der Waals surface area contributed by atoms with Crippen LogP contribution in [-0.2, 0) is 29.7 Å². The largest absolute Gasteiger partial charge is 0.416 e. The lowest BCUT2D eigenvalue weighted by atomic mass is 9.96. The van der Waals surface area contributed by atoms with Crippen LogP contribution < -0.4 is 5.56 Å². The molecule has 0 spiro atoms. The van der Waals surface area contributed by atoms with Gasteiger partial charge in [-0.15, -0.1) is 0 Å². The predicted octanol–water partition coefficient (Wildman–Crippen LogP) is 8.17. The van der Waals surface area contributed by atoms with Crippen LogP contribution in [-0.4, -0.2) is 55.1 Å². The maximum Gasteiger partial charge on any atom is 0.416 e. The van der Waals surface area contributed by atoms with Gasteiger partial charge in [0.05, 0.1) is 5.56 Å². The number of hydrogen-bond acceptors (Lipinski definition) is 6. The van der Waals surface area contributed by atoms with Crippen molar-refractivity contribution in [3.63, 3.8) is 0 Å². The quantitative estimate of drug-likeness (QED) is 0.122. The zero-order valence-electron chi connectivity index (χ0n) is 29.0. The first kappa shape index (κ1) is 37.2.